The summed E-state index contributed by atoms with van der Waals surface area (Å²) in [6.45, 7) is 3.22. The predicted molar refractivity (Wildman–Crippen MR) is 102 cm³/mol. The fourth-order valence-electron chi connectivity index (χ4n) is 2.74. The number of nitrogens with zero attached hydrogens (tertiary/aromatic N) is 2. The van der Waals surface area contributed by atoms with Gasteiger partial charge in [-0.05, 0) is 44.2 Å². The zero-order chi connectivity index (χ0) is 19.7. The van der Waals surface area contributed by atoms with Crippen LogP contribution in [0.15, 0.2) is 30.3 Å². The average Bonchev–Trinajstić information content (AvgIpc) is 2.63. The molecule has 0 fully saturated rings. The summed E-state index contributed by atoms with van der Waals surface area (Å²) in [5.74, 6) is 0.537. The van der Waals surface area contributed by atoms with Crippen molar-refractivity contribution in [3.63, 3.8) is 0 Å². The number of rotatable bonds is 4. The van der Waals surface area contributed by atoms with Crippen LogP contribution in [-0.4, -0.2) is 36.1 Å². The third kappa shape index (κ3) is 3.61. The van der Waals surface area contributed by atoms with Gasteiger partial charge in [0.2, 0.25) is 5.91 Å². The van der Waals surface area contributed by atoms with Gasteiger partial charge in [0.15, 0.2) is 17.7 Å². The Labute approximate surface area is 161 Å². The lowest BCUT2D eigenvalue weighted by molar-refractivity contribution is -0.128. The molecule has 2 heterocycles. The quantitative estimate of drug-likeness (QED) is 0.830. The smallest absolute Gasteiger partial charge is 0.269 e. The maximum atomic E-state index is 12.7. The molecule has 2 unspecified atom stereocenters. The molecule has 2 amide bonds. The van der Waals surface area contributed by atoms with E-state index in [1.807, 2.05) is 0 Å². The molecule has 0 saturated carbocycles. The molecular formula is C18H19ClN4O4. The number of carbonyl (C=O) groups excluding carboxylic acids is 2. The average molecular weight is 391 g/mol. The lowest BCUT2D eigenvalue weighted by Gasteiger charge is -2.35. The Morgan fingerprint density at radius 1 is 1.41 bits per heavy atom. The molecule has 2 aromatic rings. The molecule has 0 bridgehead atoms. The van der Waals surface area contributed by atoms with Gasteiger partial charge in [0.05, 0.1) is 12.1 Å². The monoisotopic (exact) mass is 390 g/mol. The van der Waals surface area contributed by atoms with Crippen molar-refractivity contribution in [1.82, 2.24) is 4.98 Å². The maximum Gasteiger partial charge on any atom is 0.269 e. The summed E-state index contributed by atoms with van der Waals surface area (Å²) in [5.41, 5.74) is 6.22. The van der Waals surface area contributed by atoms with Crippen LogP contribution < -0.4 is 25.4 Å². The number of nitrogens with one attached hydrogen (secondary N) is 1. The molecule has 0 saturated heterocycles. The van der Waals surface area contributed by atoms with Gasteiger partial charge in [-0.2, -0.15) is 0 Å². The molecule has 9 heteroatoms. The van der Waals surface area contributed by atoms with E-state index in [9.17, 15) is 9.59 Å². The molecule has 142 valence electrons. The van der Waals surface area contributed by atoms with Crippen LogP contribution in [0.2, 0.25) is 5.02 Å². The second-order valence-electron chi connectivity index (χ2n) is 6.04. The van der Waals surface area contributed by atoms with Crippen LogP contribution in [0.1, 0.15) is 13.8 Å². The summed E-state index contributed by atoms with van der Waals surface area (Å²) in [4.78, 5) is 30.8. The number of aromatic nitrogens is 1. The molecule has 3 N–H and O–H groups in total. The molecule has 0 aliphatic carbocycles. The van der Waals surface area contributed by atoms with E-state index in [0.717, 1.165) is 0 Å². The number of halogens is 1. The van der Waals surface area contributed by atoms with Crippen LogP contribution in [0.3, 0.4) is 0 Å². The van der Waals surface area contributed by atoms with Gasteiger partial charge in [0.1, 0.15) is 17.6 Å². The van der Waals surface area contributed by atoms with Crippen molar-refractivity contribution in [2.75, 3.05) is 23.1 Å². The van der Waals surface area contributed by atoms with E-state index in [-0.39, 0.29) is 17.5 Å². The third-order valence-corrected chi connectivity index (χ3v) is 4.46. The second-order valence-corrected chi connectivity index (χ2v) is 6.45. The van der Waals surface area contributed by atoms with Crippen molar-refractivity contribution in [2.45, 2.75) is 26.0 Å². The van der Waals surface area contributed by atoms with E-state index in [1.165, 1.54) is 12.0 Å². The van der Waals surface area contributed by atoms with E-state index >= 15 is 0 Å². The topological polar surface area (TPSA) is 107 Å². The second kappa shape index (κ2) is 7.32. The van der Waals surface area contributed by atoms with Crippen molar-refractivity contribution < 1.29 is 19.1 Å². The molecule has 3 rings (SSSR count). The Balaban J connectivity index is 1.87. The van der Waals surface area contributed by atoms with Crippen LogP contribution in [0.4, 0.5) is 17.3 Å². The zero-order valence-electron chi connectivity index (χ0n) is 15.0. The number of amides is 2. The molecule has 1 aliphatic rings. The number of nitrogen functional groups attached to an aromatic ring is 1. The lowest BCUT2D eigenvalue weighted by atomic mass is 10.1. The minimum Gasteiger partial charge on any atom is -0.495 e. The first-order valence-electron chi connectivity index (χ1n) is 8.22. The first-order valence-corrected chi connectivity index (χ1v) is 8.60. The minimum absolute atomic E-state index is 0.216. The minimum atomic E-state index is -0.849. The Kier molecular flexibility index (Phi) is 5.09. The largest absolute Gasteiger partial charge is 0.495 e. The summed E-state index contributed by atoms with van der Waals surface area (Å²) in [6.07, 6.45) is -0.742. The standard InChI is InChI=1S/C18H19ClN4O4/c1-9(17(24)21-11-4-5-13(26-3)12(19)8-11)23-16-14(6-7-15(20)22-16)27-10(2)18(23)25/h4-10H,1-3H3,(H2,20,22)(H,21,24). The summed E-state index contributed by atoms with van der Waals surface area (Å²) in [6, 6.07) is 7.22. The number of methoxy groups -OCH3 is 1. The van der Waals surface area contributed by atoms with Crippen LogP contribution in [-0.2, 0) is 9.59 Å². The van der Waals surface area contributed by atoms with Crippen molar-refractivity contribution in [3.05, 3.63) is 35.4 Å². The first-order chi connectivity index (χ1) is 12.8. The number of hydrogen-bond acceptors (Lipinski definition) is 6. The number of fused-ring (bicyclic) bond motifs is 1. The highest BCUT2D eigenvalue weighted by Gasteiger charge is 2.38. The van der Waals surface area contributed by atoms with Crippen molar-refractivity contribution >= 4 is 40.7 Å². The molecule has 1 aromatic carbocycles. The van der Waals surface area contributed by atoms with Crippen molar-refractivity contribution in [2.24, 2.45) is 0 Å². The Morgan fingerprint density at radius 2 is 2.15 bits per heavy atom. The highest BCUT2D eigenvalue weighted by Crippen LogP contribution is 2.34. The number of anilines is 3. The van der Waals surface area contributed by atoms with Gasteiger partial charge in [-0.25, -0.2) is 4.98 Å². The zero-order valence-corrected chi connectivity index (χ0v) is 15.8. The van der Waals surface area contributed by atoms with Gasteiger partial charge < -0.3 is 20.5 Å². The molecule has 27 heavy (non-hydrogen) atoms. The molecule has 1 aliphatic heterocycles. The number of ether oxygens (including phenoxy) is 2. The van der Waals surface area contributed by atoms with Crippen LogP contribution in [0.25, 0.3) is 0 Å². The highest BCUT2D eigenvalue weighted by molar-refractivity contribution is 6.32. The normalized spacial score (nSPS) is 17.0. The van der Waals surface area contributed by atoms with E-state index < -0.39 is 18.1 Å². The molecule has 8 nitrogen and oxygen atoms in total. The summed E-state index contributed by atoms with van der Waals surface area (Å²) >= 11 is 6.09. The third-order valence-electron chi connectivity index (χ3n) is 4.16. The summed E-state index contributed by atoms with van der Waals surface area (Å²) < 4.78 is 10.6. The summed E-state index contributed by atoms with van der Waals surface area (Å²) in [7, 11) is 1.50. The van der Waals surface area contributed by atoms with Crippen molar-refractivity contribution in [3.8, 4) is 11.5 Å². The molecule has 0 radical (unpaired) electrons. The highest BCUT2D eigenvalue weighted by atomic mass is 35.5. The Morgan fingerprint density at radius 3 is 2.81 bits per heavy atom. The number of pyridine rings is 1. The SMILES string of the molecule is COc1ccc(NC(=O)C(C)N2C(=O)C(C)Oc3ccc(N)nc32)cc1Cl. The number of nitrogens with two attached hydrogens (primary N) is 1. The maximum absolute atomic E-state index is 12.7. The van der Waals surface area contributed by atoms with E-state index in [0.29, 0.717) is 22.2 Å². The molecular weight excluding hydrogens is 372 g/mol. The number of carbonyl (C=O) groups is 2. The fraction of sp³-hybridized carbons (Fsp3) is 0.278. The van der Waals surface area contributed by atoms with Gasteiger partial charge in [0.25, 0.3) is 5.91 Å². The van der Waals surface area contributed by atoms with Crippen LogP contribution >= 0.6 is 11.6 Å². The number of benzene rings is 1. The van der Waals surface area contributed by atoms with Crippen LogP contribution in [0, 0.1) is 0 Å². The predicted octanol–water partition coefficient (Wildman–Crippen LogP) is 2.47. The Hall–Kier alpha value is -3.00. The van der Waals surface area contributed by atoms with Crippen molar-refractivity contribution in [1.29, 1.82) is 0 Å². The van der Waals surface area contributed by atoms with Gasteiger partial charge in [0, 0.05) is 5.69 Å². The molecule has 0 spiro atoms. The molecule has 1 aromatic heterocycles. The Bertz CT molecular complexity index is 905. The summed E-state index contributed by atoms with van der Waals surface area (Å²) in [5, 5.41) is 3.10. The first kappa shape index (κ1) is 18.8. The van der Waals surface area contributed by atoms with Gasteiger partial charge >= 0.3 is 0 Å². The van der Waals surface area contributed by atoms with Gasteiger partial charge in [-0.1, -0.05) is 11.6 Å². The number of hydrogen-bond donors (Lipinski definition) is 2. The van der Waals surface area contributed by atoms with E-state index in [2.05, 4.69) is 10.3 Å². The van der Waals surface area contributed by atoms with E-state index in [4.69, 9.17) is 26.8 Å². The van der Waals surface area contributed by atoms with Crippen LogP contribution in [0.5, 0.6) is 11.5 Å². The van der Waals surface area contributed by atoms with E-state index in [1.54, 1.807) is 44.2 Å². The fourth-order valence-corrected chi connectivity index (χ4v) is 3.00. The van der Waals surface area contributed by atoms with Gasteiger partial charge in [-0.15, -0.1) is 0 Å². The lowest BCUT2D eigenvalue weighted by Crippen LogP contribution is -2.53. The van der Waals surface area contributed by atoms with Gasteiger partial charge in [-0.3, -0.25) is 14.5 Å². The molecule has 2 atom stereocenters.